The molecule has 1 saturated heterocycles. The summed E-state index contributed by atoms with van der Waals surface area (Å²) in [5.74, 6) is 0.611. The highest BCUT2D eigenvalue weighted by Gasteiger charge is 2.27. The van der Waals surface area contributed by atoms with Gasteiger partial charge in [0.05, 0.1) is 6.61 Å². The monoisotopic (exact) mass is 213 g/mol. The number of carbonyl (C=O) groups excluding carboxylic acids is 1. The summed E-state index contributed by atoms with van der Waals surface area (Å²) < 4.78 is 5.23. The molecule has 88 valence electrons. The minimum absolute atomic E-state index is 0.123. The summed E-state index contributed by atoms with van der Waals surface area (Å²) in [6.45, 7) is 7.81. The van der Waals surface area contributed by atoms with E-state index < -0.39 is 0 Å². The van der Waals surface area contributed by atoms with Gasteiger partial charge in [-0.15, -0.1) is 0 Å². The van der Waals surface area contributed by atoms with Crippen molar-refractivity contribution in [2.75, 3.05) is 13.2 Å². The van der Waals surface area contributed by atoms with Crippen LogP contribution in [0.3, 0.4) is 0 Å². The summed E-state index contributed by atoms with van der Waals surface area (Å²) >= 11 is 0. The van der Waals surface area contributed by atoms with Crippen molar-refractivity contribution in [1.29, 1.82) is 0 Å². The lowest BCUT2D eigenvalue weighted by molar-refractivity contribution is 0.0652. The van der Waals surface area contributed by atoms with Crippen LogP contribution in [0.25, 0.3) is 0 Å². The molecule has 0 N–H and O–H groups in total. The van der Waals surface area contributed by atoms with Crippen molar-refractivity contribution in [2.24, 2.45) is 5.92 Å². The summed E-state index contributed by atoms with van der Waals surface area (Å²) in [4.78, 5) is 13.6. The molecule has 1 rings (SSSR count). The van der Waals surface area contributed by atoms with E-state index in [4.69, 9.17) is 4.74 Å². The maximum Gasteiger partial charge on any atom is 0.410 e. The topological polar surface area (TPSA) is 29.5 Å². The van der Waals surface area contributed by atoms with Crippen LogP contribution in [0.2, 0.25) is 0 Å². The number of unbranched alkanes of at least 4 members (excludes halogenated alkanes) is 1. The largest absolute Gasteiger partial charge is 0.449 e. The van der Waals surface area contributed by atoms with E-state index in [2.05, 4.69) is 20.8 Å². The second kappa shape index (κ2) is 5.99. The Kier molecular flexibility index (Phi) is 4.92. The number of hydrogen-bond acceptors (Lipinski definition) is 2. The Hall–Kier alpha value is -0.730. The third-order valence-corrected chi connectivity index (χ3v) is 3.08. The van der Waals surface area contributed by atoms with Gasteiger partial charge in [0.2, 0.25) is 0 Å². The predicted molar refractivity (Wildman–Crippen MR) is 60.8 cm³/mol. The Bertz CT molecular complexity index is 206. The van der Waals surface area contributed by atoms with Crippen LogP contribution in [0, 0.1) is 5.92 Å². The van der Waals surface area contributed by atoms with Gasteiger partial charge in [0.15, 0.2) is 0 Å². The molecule has 0 aromatic carbocycles. The minimum atomic E-state index is -0.123. The molecule has 1 fully saturated rings. The summed E-state index contributed by atoms with van der Waals surface area (Å²) in [6, 6.07) is 0.343. The van der Waals surface area contributed by atoms with E-state index in [0.29, 0.717) is 18.6 Å². The van der Waals surface area contributed by atoms with Gasteiger partial charge in [-0.3, -0.25) is 0 Å². The third-order valence-electron chi connectivity index (χ3n) is 3.08. The van der Waals surface area contributed by atoms with E-state index in [-0.39, 0.29) is 6.09 Å². The van der Waals surface area contributed by atoms with Crippen LogP contribution in [0.1, 0.15) is 46.5 Å². The SMILES string of the molecule is CCCCOC(=O)N1CC(C)CCC1C. The Morgan fingerprint density at radius 2 is 2.13 bits per heavy atom. The van der Waals surface area contributed by atoms with Crippen LogP contribution in [0.5, 0.6) is 0 Å². The van der Waals surface area contributed by atoms with Crippen LogP contribution in [0.4, 0.5) is 4.79 Å². The smallest absolute Gasteiger partial charge is 0.410 e. The van der Waals surface area contributed by atoms with E-state index in [1.807, 2.05) is 4.90 Å². The molecule has 0 bridgehead atoms. The Balaban J connectivity index is 2.35. The van der Waals surface area contributed by atoms with E-state index in [9.17, 15) is 4.79 Å². The number of ether oxygens (including phenoxy) is 1. The first kappa shape index (κ1) is 12.3. The highest BCUT2D eigenvalue weighted by atomic mass is 16.6. The fourth-order valence-corrected chi connectivity index (χ4v) is 1.93. The number of rotatable bonds is 3. The number of likely N-dealkylation sites (tertiary alicyclic amines) is 1. The van der Waals surface area contributed by atoms with Gasteiger partial charge in [0.25, 0.3) is 0 Å². The zero-order chi connectivity index (χ0) is 11.3. The van der Waals surface area contributed by atoms with E-state index in [0.717, 1.165) is 25.8 Å². The van der Waals surface area contributed by atoms with Crippen LogP contribution in [-0.2, 0) is 4.74 Å². The summed E-state index contributed by atoms with van der Waals surface area (Å²) in [5, 5.41) is 0. The lowest BCUT2D eigenvalue weighted by atomic mass is 9.96. The zero-order valence-electron chi connectivity index (χ0n) is 10.2. The normalized spacial score (nSPS) is 26.5. The molecule has 1 aliphatic rings. The molecule has 2 unspecified atom stereocenters. The molecule has 3 heteroatoms. The molecule has 0 aromatic heterocycles. The highest BCUT2D eigenvalue weighted by Crippen LogP contribution is 2.21. The quantitative estimate of drug-likeness (QED) is 0.674. The number of carbonyl (C=O) groups is 1. The molecule has 0 aromatic rings. The Morgan fingerprint density at radius 1 is 1.40 bits per heavy atom. The number of piperidine rings is 1. The highest BCUT2D eigenvalue weighted by molar-refractivity contribution is 5.68. The average molecular weight is 213 g/mol. The molecule has 1 aliphatic heterocycles. The van der Waals surface area contributed by atoms with Crippen molar-refractivity contribution in [3.05, 3.63) is 0 Å². The second-order valence-electron chi connectivity index (χ2n) is 4.65. The number of nitrogens with zero attached hydrogens (tertiary/aromatic N) is 1. The summed E-state index contributed by atoms with van der Waals surface area (Å²) in [7, 11) is 0. The van der Waals surface area contributed by atoms with Gasteiger partial charge >= 0.3 is 6.09 Å². The molecule has 0 saturated carbocycles. The van der Waals surface area contributed by atoms with Gasteiger partial charge in [0, 0.05) is 12.6 Å². The molecule has 3 nitrogen and oxygen atoms in total. The van der Waals surface area contributed by atoms with Crippen molar-refractivity contribution in [3.8, 4) is 0 Å². The Labute approximate surface area is 92.8 Å². The van der Waals surface area contributed by atoms with Crippen molar-refractivity contribution in [3.63, 3.8) is 0 Å². The Morgan fingerprint density at radius 3 is 2.80 bits per heavy atom. The van der Waals surface area contributed by atoms with E-state index in [1.54, 1.807) is 0 Å². The van der Waals surface area contributed by atoms with Gasteiger partial charge in [-0.1, -0.05) is 20.3 Å². The molecular formula is C12H23NO2. The minimum Gasteiger partial charge on any atom is -0.449 e. The van der Waals surface area contributed by atoms with Gasteiger partial charge in [0.1, 0.15) is 0 Å². The summed E-state index contributed by atoms with van der Waals surface area (Å²) in [5.41, 5.74) is 0. The van der Waals surface area contributed by atoms with Crippen LogP contribution in [0.15, 0.2) is 0 Å². The fraction of sp³-hybridized carbons (Fsp3) is 0.917. The van der Waals surface area contributed by atoms with Crippen molar-refractivity contribution >= 4 is 6.09 Å². The first-order valence-electron chi connectivity index (χ1n) is 6.08. The second-order valence-corrected chi connectivity index (χ2v) is 4.65. The lowest BCUT2D eigenvalue weighted by Gasteiger charge is -2.35. The number of amides is 1. The molecule has 0 aliphatic carbocycles. The van der Waals surface area contributed by atoms with Crippen molar-refractivity contribution in [1.82, 2.24) is 4.90 Å². The van der Waals surface area contributed by atoms with Gasteiger partial charge < -0.3 is 9.64 Å². The molecule has 0 spiro atoms. The van der Waals surface area contributed by atoms with Gasteiger partial charge in [-0.2, -0.15) is 0 Å². The van der Waals surface area contributed by atoms with Crippen LogP contribution < -0.4 is 0 Å². The van der Waals surface area contributed by atoms with E-state index in [1.165, 1.54) is 6.42 Å². The lowest BCUT2D eigenvalue weighted by Crippen LogP contribution is -2.45. The van der Waals surface area contributed by atoms with Crippen molar-refractivity contribution < 1.29 is 9.53 Å². The van der Waals surface area contributed by atoms with Gasteiger partial charge in [-0.05, 0) is 32.1 Å². The third kappa shape index (κ3) is 3.73. The maximum absolute atomic E-state index is 11.7. The molecular weight excluding hydrogens is 190 g/mol. The molecule has 1 heterocycles. The molecule has 1 amide bonds. The van der Waals surface area contributed by atoms with Gasteiger partial charge in [-0.25, -0.2) is 4.79 Å². The average Bonchev–Trinajstić information content (AvgIpc) is 2.22. The molecule has 15 heavy (non-hydrogen) atoms. The standard InChI is InChI=1S/C12H23NO2/c1-4-5-8-15-12(14)13-9-10(2)6-7-11(13)3/h10-11H,4-9H2,1-3H3. The van der Waals surface area contributed by atoms with Crippen molar-refractivity contribution in [2.45, 2.75) is 52.5 Å². The predicted octanol–water partition coefficient (Wildman–Crippen LogP) is 3.04. The van der Waals surface area contributed by atoms with Crippen LogP contribution >= 0.6 is 0 Å². The van der Waals surface area contributed by atoms with Crippen LogP contribution in [-0.4, -0.2) is 30.2 Å². The van der Waals surface area contributed by atoms with E-state index >= 15 is 0 Å². The first-order chi connectivity index (χ1) is 7.15. The zero-order valence-corrected chi connectivity index (χ0v) is 10.2. The fourth-order valence-electron chi connectivity index (χ4n) is 1.93. The summed E-state index contributed by atoms with van der Waals surface area (Å²) in [6.07, 6.45) is 4.23. The molecule has 0 radical (unpaired) electrons. The molecule has 2 atom stereocenters. The maximum atomic E-state index is 11.7. The number of hydrogen-bond donors (Lipinski definition) is 0. The first-order valence-corrected chi connectivity index (χ1v) is 6.08.